The average Bonchev–Trinajstić information content (AvgIpc) is 2.41. The van der Waals surface area contributed by atoms with Crippen LogP contribution in [0.3, 0.4) is 0 Å². The van der Waals surface area contributed by atoms with Crippen LogP contribution in [0.5, 0.6) is 0 Å². The minimum absolute atomic E-state index is 0.00652. The van der Waals surface area contributed by atoms with E-state index in [0.29, 0.717) is 0 Å². The van der Waals surface area contributed by atoms with Gasteiger partial charge in [-0.1, -0.05) is 0 Å². The molecule has 0 aliphatic rings. The molecule has 0 bridgehead atoms. The SMILES string of the molecule is Nc1ccc(F)cc1C(=O)Nc1cc(F)ccc1[N+](=O)[O-]. The number of nitro groups is 1. The number of rotatable bonds is 3. The van der Waals surface area contributed by atoms with Gasteiger partial charge in [0.25, 0.3) is 11.6 Å². The van der Waals surface area contributed by atoms with Gasteiger partial charge in [-0.15, -0.1) is 0 Å². The molecule has 0 spiro atoms. The summed E-state index contributed by atoms with van der Waals surface area (Å²) in [5.41, 5.74) is 4.50. The van der Waals surface area contributed by atoms with Crippen molar-refractivity contribution in [1.29, 1.82) is 0 Å². The quantitative estimate of drug-likeness (QED) is 0.516. The number of nitrogens with zero attached hydrogens (tertiary/aromatic N) is 1. The first-order valence-electron chi connectivity index (χ1n) is 5.69. The van der Waals surface area contributed by atoms with Crippen molar-refractivity contribution in [3.8, 4) is 0 Å². The Morgan fingerprint density at radius 2 is 1.76 bits per heavy atom. The maximum Gasteiger partial charge on any atom is 0.292 e. The van der Waals surface area contributed by atoms with Crippen LogP contribution in [-0.2, 0) is 0 Å². The minimum Gasteiger partial charge on any atom is -0.398 e. The number of nitrogens with two attached hydrogens (primary N) is 1. The summed E-state index contributed by atoms with van der Waals surface area (Å²) in [6.07, 6.45) is 0. The largest absolute Gasteiger partial charge is 0.398 e. The summed E-state index contributed by atoms with van der Waals surface area (Å²) in [5, 5.41) is 13.0. The number of carbonyl (C=O) groups excluding carboxylic acids is 1. The first-order valence-corrected chi connectivity index (χ1v) is 5.69. The van der Waals surface area contributed by atoms with Gasteiger partial charge in [-0.05, 0) is 24.3 Å². The predicted octanol–water partition coefficient (Wildman–Crippen LogP) is 2.71. The summed E-state index contributed by atoms with van der Waals surface area (Å²) in [5.74, 6) is -2.33. The monoisotopic (exact) mass is 293 g/mol. The fourth-order valence-corrected chi connectivity index (χ4v) is 1.68. The number of benzene rings is 2. The Bertz CT molecular complexity index is 735. The van der Waals surface area contributed by atoms with Crippen LogP contribution in [-0.4, -0.2) is 10.8 Å². The molecule has 0 heterocycles. The second-order valence-corrected chi connectivity index (χ2v) is 4.10. The van der Waals surface area contributed by atoms with E-state index in [9.17, 15) is 23.7 Å². The molecular weight excluding hydrogens is 284 g/mol. The molecule has 108 valence electrons. The molecule has 0 fully saturated rings. The highest BCUT2D eigenvalue weighted by Crippen LogP contribution is 2.26. The first kappa shape index (κ1) is 14.4. The van der Waals surface area contributed by atoms with Crippen molar-refractivity contribution in [2.24, 2.45) is 0 Å². The third-order valence-electron chi connectivity index (χ3n) is 2.66. The Morgan fingerprint density at radius 1 is 1.14 bits per heavy atom. The van der Waals surface area contributed by atoms with Crippen molar-refractivity contribution in [3.63, 3.8) is 0 Å². The molecule has 2 rings (SSSR count). The summed E-state index contributed by atoms with van der Waals surface area (Å²) in [4.78, 5) is 22.0. The van der Waals surface area contributed by atoms with Crippen LogP contribution in [0.2, 0.25) is 0 Å². The van der Waals surface area contributed by atoms with Crippen LogP contribution >= 0.6 is 0 Å². The van der Waals surface area contributed by atoms with Gasteiger partial charge in [0, 0.05) is 17.8 Å². The lowest BCUT2D eigenvalue weighted by atomic mass is 10.1. The molecule has 2 aromatic carbocycles. The van der Waals surface area contributed by atoms with Gasteiger partial charge in [0.2, 0.25) is 0 Å². The van der Waals surface area contributed by atoms with E-state index in [1.165, 1.54) is 6.07 Å². The third kappa shape index (κ3) is 3.11. The molecule has 0 unspecified atom stereocenters. The van der Waals surface area contributed by atoms with Gasteiger partial charge in [0.1, 0.15) is 17.3 Å². The van der Waals surface area contributed by atoms with E-state index < -0.39 is 28.2 Å². The Balaban J connectivity index is 2.38. The predicted molar refractivity (Wildman–Crippen MR) is 71.8 cm³/mol. The molecule has 21 heavy (non-hydrogen) atoms. The van der Waals surface area contributed by atoms with Crippen LogP contribution in [0.4, 0.5) is 25.8 Å². The summed E-state index contributed by atoms with van der Waals surface area (Å²) >= 11 is 0. The van der Waals surface area contributed by atoms with E-state index in [0.717, 1.165) is 30.3 Å². The highest BCUT2D eigenvalue weighted by atomic mass is 19.1. The Morgan fingerprint density at radius 3 is 2.43 bits per heavy atom. The molecule has 6 nitrogen and oxygen atoms in total. The zero-order chi connectivity index (χ0) is 15.6. The van der Waals surface area contributed by atoms with Crippen molar-refractivity contribution in [2.45, 2.75) is 0 Å². The maximum absolute atomic E-state index is 13.1. The van der Waals surface area contributed by atoms with Crippen LogP contribution < -0.4 is 11.1 Å². The summed E-state index contributed by atoms with van der Waals surface area (Å²) in [7, 11) is 0. The maximum atomic E-state index is 13.1. The second kappa shape index (κ2) is 5.53. The highest BCUT2D eigenvalue weighted by Gasteiger charge is 2.19. The van der Waals surface area contributed by atoms with E-state index in [1.807, 2.05) is 0 Å². The molecule has 0 atom stereocenters. The highest BCUT2D eigenvalue weighted by molar-refractivity contribution is 6.08. The number of nitrogen functional groups attached to an aromatic ring is 1. The van der Waals surface area contributed by atoms with E-state index in [4.69, 9.17) is 5.73 Å². The number of amides is 1. The molecule has 3 N–H and O–H groups in total. The number of nitro benzene ring substituents is 1. The first-order chi connectivity index (χ1) is 9.88. The normalized spacial score (nSPS) is 10.2. The fraction of sp³-hybridized carbons (Fsp3) is 0. The van der Waals surface area contributed by atoms with Crippen molar-refractivity contribution < 1.29 is 18.5 Å². The number of hydrogen-bond donors (Lipinski definition) is 2. The summed E-state index contributed by atoms with van der Waals surface area (Å²) in [6, 6.07) is 5.74. The molecule has 1 amide bonds. The zero-order valence-electron chi connectivity index (χ0n) is 10.5. The average molecular weight is 293 g/mol. The topological polar surface area (TPSA) is 98.3 Å². The Kier molecular flexibility index (Phi) is 3.79. The van der Waals surface area contributed by atoms with E-state index in [2.05, 4.69) is 5.32 Å². The molecule has 0 aliphatic heterocycles. The Labute approximate surface area is 117 Å². The number of hydrogen-bond acceptors (Lipinski definition) is 4. The van der Waals surface area contributed by atoms with Gasteiger partial charge in [-0.3, -0.25) is 14.9 Å². The van der Waals surface area contributed by atoms with E-state index in [-0.39, 0.29) is 16.9 Å². The van der Waals surface area contributed by atoms with Crippen molar-refractivity contribution >= 4 is 23.0 Å². The van der Waals surface area contributed by atoms with Gasteiger partial charge >= 0.3 is 0 Å². The zero-order valence-corrected chi connectivity index (χ0v) is 10.5. The van der Waals surface area contributed by atoms with E-state index in [1.54, 1.807) is 0 Å². The van der Waals surface area contributed by atoms with Gasteiger partial charge < -0.3 is 11.1 Å². The van der Waals surface area contributed by atoms with E-state index >= 15 is 0 Å². The van der Waals surface area contributed by atoms with Crippen LogP contribution in [0.15, 0.2) is 36.4 Å². The van der Waals surface area contributed by atoms with Gasteiger partial charge in [-0.25, -0.2) is 8.78 Å². The smallest absolute Gasteiger partial charge is 0.292 e. The second-order valence-electron chi connectivity index (χ2n) is 4.10. The molecule has 0 aromatic heterocycles. The molecule has 2 aromatic rings. The fourth-order valence-electron chi connectivity index (χ4n) is 1.68. The number of carbonyl (C=O) groups is 1. The Hall–Kier alpha value is -3.03. The van der Waals surface area contributed by atoms with Gasteiger partial charge in [0.05, 0.1) is 10.5 Å². The molecular formula is C13H9F2N3O3. The lowest BCUT2D eigenvalue weighted by molar-refractivity contribution is -0.384. The van der Waals surface area contributed by atoms with Crippen LogP contribution in [0.1, 0.15) is 10.4 Å². The van der Waals surface area contributed by atoms with Crippen LogP contribution in [0, 0.1) is 21.7 Å². The summed E-state index contributed by atoms with van der Waals surface area (Å²) < 4.78 is 26.3. The number of anilines is 2. The molecule has 0 saturated carbocycles. The molecule has 0 aliphatic carbocycles. The van der Waals surface area contributed by atoms with Gasteiger partial charge in [-0.2, -0.15) is 0 Å². The van der Waals surface area contributed by atoms with Crippen molar-refractivity contribution in [1.82, 2.24) is 0 Å². The minimum atomic E-state index is -0.874. The standard InChI is InChI=1S/C13H9F2N3O3/c14-7-1-3-10(16)9(5-7)13(19)17-11-6-8(15)2-4-12(11)18(20)21/h1-6H,16H2,(H,17,19). The number of nitrogens with one attached hydrogen (secondary N) is 1. The molecule has 0 radical (unpaired) electrons. The molecule has 0 saturated heterocycles. The summed E-state index contributed by atoms with van der Waals surface area (Å²) in [6.45, 7) is 0. The van der Waals surface area contributed by atoms with Crippen molar-refractivity contribution in [2.75, 3.05) is 11.1 Å². The number of halogens is 2. The molecule has 8 heteroatoms. The van der Waals surface area contributed by atoms with Crippen LogP contribution in [0.25, 0.3) is 0 Å². The lowest BCUT2D eigenvalue weighted by Crippen LogP contribution is -2.15. The third-order valence-corrected chi connectivity index (χ3v) is 2.66. The van der Waals surface area contributed by atoms with Crippen molar-refractivity contribution in [3.05, 3.63) is 63.7 Å². The lowest BCUT2D eigenvalue weighted by Gasteiger charge is -2.08. The van der Waals surface area contributed by atoms with Gasteiger partial charge in [0.15, 0.2) is 0 Å².